The van der Waals surface area contributed by atoms with Gasteiger partial charge in [-0.15, -0.1) is 0 Å². The molecule has 1 aliphatic carbocycles. The SMILES string of the molecule is [C]1CCCC1. The largest absolute Gasteiger partial charge is 0.0527 e. The molecule has 0 bridgehead atoms. The van der Waals surface area contributed by atoms with Gasteiger partial charge >= 0.3 is 0 Å². The third kappa shape index (κ3) is 0.640. The van der Waals surface area contributed by atoms with Crippen LogP contribution >= 0.6 is 0 Å². The molecule has 0 spiro atoms. The van der Waals surface area contributed by atoms with Gasteiger partial charge in [-0.3, -0.25) is 0 Å². The van der Waals surface area contributed by atoms with E-state index in [0.29, 0.717) is 0 Å². The minimum absolute atomic E-state index is 1.25. The molecule has 0 saturated heterocycles. The van der Waals surface area contributed by atoms with E-state index in [2.05, 4.69) is 6.42 Å². The standard InChI is InChI=1S/C5H8/c1-2-4-5-3-1/h1-4H2. The van der Waals surface area contributed by atoms with Gasteiger partial charge in [-0.1, -0.05) is 12.8 Å². The van der Waals surface area contributed by atoms with Gasteiger partial charge in [0.05, 0.1) is 0 Å². The van der Waals surface area contributed by atoms with Crippen molar-refractivity contribution < 1.29 is 0 Å². The topological polar surface area (TPSA) is 0 Å². The maximum Gasteiger partial charge on any atom is -0.0173 e. The molecule has 0 unspecified atom stereocenters. The Morgan fingerprint density at radius 2 is 1.60 bits per heavy atom. The molecule has 0 aliphatic heterocycles. The fourth-order valence-electron chi connectivity index (χ4n) is 0.625. The van der Waals surface area contributed by atoms with Gasteiger partial charge in [0.25, 0.3) is 0 Å². The summed E-state index contributed by atoms with van der Waals surface area (Å²) in [5.74, 6) is 0. The summed E-state index contributed by atoms with van der Waals surface area (Å²) in [6, 6.07) is 0. The van der Waals surface area contributed by atoms with E-state index in [1.807, 2.05) is 0 Å². The van der Waals surface area contributed by atoms with Gasteiger partial charge in [-0.25, -0.2) is 0 Å². The van der Waals surface area contributed by atoms with Crippen molar-refractivity contribution in [3.8, 4) is 0 Å². The third-order valence-corrected chi connectivity index (χ3v) is 0.957. The summed E-state index contributed by atoms with van der Waals surface area (Å²) < 4.78 is 0. The molecular weight excluding hydrogens is 60.1 g/mol. The van der Waals surface area contributed by atoms with Gasteiger partial charge < -0.3 is 0 Å². The Morgan fingerprint density at radius 3 is 1.80 bits per heavy atom. The highest BCUT2D eigenvalue weighted by atomic mass is 14.0. The molecule has 0 N–H and O–H groups in total. The van der Waals surface area contributed by atoms with Crippen molar-refractivity contribution in [2.45, 2.75) is 25.7 Å². The lowest BCUT2D eigenvalue weighted by Crippen LogP contribution is -1.50. The quantitative estimate of drug-likeness (QED) is 0.405. The predicted octanol–water partition coefficient (Wildman–Crippen LogP) is 1.64. The van der Waals surface area contributed by atoms with E-state index in [1.165, 1.54) is 25.7 Å². The highest BCUT2D eigenvalue weighted by Crippen LogP contribution is 2.13. The van der Waals surface area contributed by atoms with Crippen LogP contribution in [0.1, 0.15) is 25.7 Å². The van der Waals surface area contributed by atoms with Gasteiger partial charge in [0.2, 0.25) is 0 Å². The molecule has 0 aromatic carbocycles. The average Bonchev–Trinajstić information content (AvgIpc) is 1.76. The number of rotatable bonds is 0. The van der Waals surface area contributed by atoms with Crippen LogP contribution in [0.15, 0.2) is 0 Å². The van der Waals surface area contributed by atoms with Gasteiger partial charge in [0, 0.05) is 0 Å². The van der Waals surface area contributed by atoms with E-state index in [1.54, 1.807) is 0 Å². The summed E-state index contributed by atoms with van der Waals surface area (Å²) >= 11 is 0. The number of hydrogen-bond acceptors (Lipinski definition) is 0. The van der Waals surface area contributed by atoms with Crippen molar-refractivity contribution in [2.75, 3.05) is 0 Å². The van der Waals surface area contributed by atoms with Gasteiger partial charge in [0.15, 0.2) is 0 Å². The summed E-state index contributed by atoms with van der Waals surface area (Å²) in [6.07, 6.45) is 8.50. The van der Waals surface area contributed by atoms with Crippen molar-refractivity contribution >= 4 is 0 Å². The molecule has 1 rings (SSSR count). The summed E-state index contributed by atoms with van der Waals surface area (Å²) in [5.41, 5.74) is 0. The molecule has 0 heteroatoms. The Balaban J connectivity index is 2.08. The van der Waals surface area contributed by atoms with E-state index >= 15 is 0 Å². The molecule has 5 heavy (non-hydrogen) atoms. The first kappa shape index (κ1) is 3.20. The van der Waals surface area contributed by atoms with Crippen LogP contribution in [0.4, 0.5) is 0 Å². The van der Waals surface area contributed by atoms with Crippen molar-refractivity contribution in [3.05, 3.63) is 6.42 Å². The molecular formula is C5H8. The third-order valence-electron chi connectivity index (χ3n) is 0.957. The maximum absolute atomic E-state index is 3.22. The Morgan fingerprint density at radius 1 is 1.00 bits per heavy atom. The van der Waals surface area contributed by atoms with Crippen LogP contribution in [0, 0.1) is 6.42 Å². The average molecular weight is 68.1 g/mol. The molecule has 0 aromatic rings. The lowest BCUT2D eigenvalue weighted by molar-refractivity contribution is 0.886. The van der Waals surface area contributed by atoms with Gasteiger partial charge in [0.1, 0.15) is 0 Å². The van der Waals surface area contributed by atoms with Gasteiger partial charge in [-0.2, -0.15) is 0 Å². The van der Waals surface area contributed by atoms with E-state index < -0.39 is 0 Å². The first-order valence-electron chi connectivity index (χ1n) is 2.21. The van der Waals surface area contributed by atoms with Crippen LogP contribution in [0.2, 0.25) is 0 Å². The second-order valence-electron chi connectivity index (χ2n) is 1.46. The van der Waals surface area contributed by atoms with Crippen molar-refractivity contribution in [3.63, 3.8) is 0 Å². The summed E-state index contributed by atoms with van der Waals surface area (Å²) in [6.45, 7) is 0. The normalized spacial score (nSPS) is 24.0. The fourth-order valence-corrected chi connectivity index (χ4v) is 0.625. The van der Waals surface area contributed by atoms with E-state index in [4.69, 9.17) is 0 Å². The number of hydrogen-bond donors (Lipinski definition) is 0. The lowest BCUT2D eigenvalue weighted by Gasteiger charge is -1.67. The second kappa shape index (κ2) is 1.44. The Hall–Kier alpha value is 0. The molecule has 0 amide bonds. The van der Waals surface area contributed by atoms with Gasteiger partial charge in [-0.05, 0) is 19.3 Å². The first-order chi connectivity index (χ1) is 2.50. The van der Waals surface area contributed by atoms with Crippen LogP contribution < -0.4 is 0 Å². The highest BCUT2D eigenvalue weighted by molar-refractivity contribution is 4.71. The zero-order valence-corrected chi connectivity index (χ0v) is 3.33. The molecule has 0 atom stereocenters. The molecule has 1 fully saturated rings. The Kier molecular flexibility index (Phi) is 0.922. The van der Waals surface area contributed by atoms with E-state index in [-0.39, 0.29) is 0 Å². The fraction of sp³-hybridized carbons (Fsp3) is 0.800. The van der Waals surface area contributed by atoms with Crippen LogP contribution in [-0.2, 0) is 0 Å². The lowest BCUT2D eigenvalue weighted by atomic mass is 10.4. The first-order valence-corrected chi connectivity index (χ1v) is 2.21. The molecule has 0 heterocycles. The minimum Gasteiger partial charge on any atom is -0.0527 e. The summed E-state index contributed by atoms with van der Waals surface area (Å²) in [5, 5.41) is 0. The van der Waals surface area contributed by atoms with E-state index in [0.717, 1.165) is 0 Å². The predicted molar refractivity (Wildman–Crippen MR) is 21.7 cm³/mol. The van der Waals surface area contributed by atoms with Crippen LogP contribution in [-0.4, -0.2) is 0 Å². The molecule has 0 aromatic heterocycles. The molecule has 0 nitrogen and oxygen atoms in total. The maximum atomic E-state index is 3.22. The highest BCUT2D eigenvalue weighted by Gasteiger charge is 1.96. The van der Waals surface area contributed by atoms with Crippen molar-refractivity contribution in [2.24, 2.45) is 0 Å². The molecule has 28 valence electrons. The summed E-state index contributed by atoms with van der Waals surface area (Å²) in [7, 11) is 0. The second-order valence-corrected chi connectivity index (χ2v) is 1.46. The molecule has 1 aliphatic rings. The van der Waals surface area contributed by atoms with Crippen LogP contribution in [0.3, 0.4) is 0 Å². The monoisotopic (exact) mass is 68.1 g/mol. The van der Waals surface area contributed by atoms with Crippen molar-refractivity contribution in [1.82, 2.24) is 0 Å². The summed E-state index contributed by atoms with van der Waals surface area (Å²) in [4.78, 5) is 0. The minimum atomic E-state index is 1.25. The zero-order chi connectivity index (χ0) is 3.54. The Bertz CT molecular complexity index is 11.6. The zero-order valence-electron chi connectivity index (χ0n) is 3.33. The molecule has 1 saturated carbocycles. The molecule has 2 radical (unpaired) electrons. The van der Waals surface area contributed by atoms with Crippen LogP contribution in [0.25, 0.3) is 0 Å². The van der Waals surface area contributed by atoms with Crippen molar-refractivity contribution in [1.29, 1.82) is 0 Å². The van der Waals surface area contributed by atoms with Crippen LogP contribution in [0.5, 0.6) is 0 Å². The van der Waals surface area contributed by atoms with E-state index in [9.17, 15) is 0 Å². The Labute approximate surface area is 33.2 Å². The smallest absolute Gasteiger partial charge is 0.0173 e.